The first-order valence-electron chi connectivity index (χ1n) is 9.55. The topological polar surface area (TPSA) is 76.4 Å². The van der Waals surface area contributed by atoms with Gasteiger partial charge in [-0.15, -0.1) is 23.4 Å². The minimum Gasteiger partial charge on any atom is -0.406 e. The van der Waals surface area contributed by atoms with Gasteiger partial charge in [-0.1, -0.05) is 0 Å². The summed E-state index contributed by atoms with van der Waals surface area (Å²) in [5.74, 6) is 0.715. The molecule has 1 aromatic carbocycles. The molecule has 31 heavy (non-hydrogen) atoms. The third-order valence-corrected chi connectivity index (χ3v) is 4.82. The van der Waals surface area contributed by atoms with Crippen molar-refractivity contribution in [1.29, 1.82) is 0 Å². The van der Waals surface area contributed by atoms with Crippen LogP contribution in [0.3, 0.4) is 0 Å². The molecule has 0 radical (unpaired) electrons. The van der Waals surface area contributed by atoms with Crippen LogP contribution in [0.25, 0.3) is 5.82 Å². The SMILES string of the molecule is Cc1ccn(-c2ccc(N3CCN(C(=O)c4ccc(OC(F)(F)F)cc4)CC3)nn2)n1. The van der Waals surface area contributed by atoms with Gasteiger partial charge < -0.3 is 14.5 Å². The smallest absolute Gasteiger partial charge is 0.406 e. The average molecular weight is 432 g/mol. The van der Waals surface area contributed by atoms with E-state index in [0.29, 0.717) is 43.4 Å². The van der Waals surface area contributed by atoms with E-state index >= 15 is 0 Å². The number of ether oxygens (including phenoxy) is 1. The van der Waals surface area contributed by atoms with Crippen molar-refractivity contribution in [3.05, 3.63) is 59.9 Å². The van der Waals surface area contributed by atoms with Gasteiger partial charge in [-0.25, -0.2) is 4.68 Å². The number of hydrogen-bond donors (Lipinski definition) is 0. The Balaban J connectivity index is 1.34. The van der Waals surface area contributed by atoms with Crippen molar-refractivity contribution in [3.63, 3.8) is 0 Å². The van der Waals surface area contributed by atoms with Gasteiger partial charge in [0.25, 0.3) is 5.91 Å². The molecule has 0 saturated carbocycles. The summed E-state index contributed by atoms with van der Waals surface area (Å²) in [5.41, 5.74) is 1.19. The third kappa shape index (κ3) is 4.93. The molecule has 0 N–H and O–H groups in total. The third-order valence-electron chi connectivity index (χ3n) is 4.82. The summed E-state index contributed by atoms with van der Waals surface area (Å²) in [5, 5.41) is 12.8. The first kappa shape index (κ1) is 20.6. The Morgan fingerprint density at radius 2 is 1.58 bits per heavy atom. The first-order chi connectivity index (χ1) is 14.8. The quantitative estimate of drug-likeness (QED) is 0.631. The molecular formula is C20H19F3N6O2. The lowest BCUT2D eigenvalue weighted by atomic mass is 10.1. The second kappa shape index (κ2) is 8.25. The Labute approximate surface area is 175 Å². The van der Waals surface area contributed by atoms with E-state index in [1.54, 1.807) is 9.58 Å². The Hall–Kier alpha value is -3.63. The zero-order valence-corrected chi connectivity index (χ0v) is 16.6. The van der Waals surface area contributed by atoms with Gasteiger partial charge in [0.1, 0.15) is 5.75 Å². The van der Waals surface area contributed by atoms with Crippen LogP contribution in [0, 0.1) is 6.92 Å². The summed E-state index contributed by atoms with van der Waals surface area (Å²) < 4.78 is 42.3. The van der Waals surface area contributed by atoms with E-state index in [4.69, 9.17) is 0 Å². The molecule has 3 aromatic rings. The van der Waals surface area contributed by atoms with Crippen molar-refractivity contribution in [2.75, 3.05) is 31.1 Å². The molecule has 4 rings (SSSR count). The Kier molecular flexibility index (Phi) is 5.49. The number of anilines is 1. The van der Waals surface area contributed by atoms with Gasteiger partial charge in [0.2, 0.25) is 0 Å². The number of aryl methyl sites for hydroxylation is 1. The van der Waals surface area contributed by atoms with E-state index in [0.717, 1.165) is 17.8 Å². The molecule has 2 aromatic heterocycles. The summed E-state index contributed by atoms with van der Waals surface area (Å²) in [6, 6.07) is 10.5. The van der Waals surface area contributed by atoms with Crippen LogP contribution in [0.2, 0.25) is 0 Å². The van der Waals surface area contributed by atoms with Gasteiger partial charge in [0.05, 0.1) is 5.69 Å². The highest BCUT2D eigenvalue weighted by molar-refractivity contribution is 5.94. The standard InChI is InChI=1S/C20H19F3N6O2/c1-14-8-9-29(26-14)18-7-6-17(24-25-18)27-10-12-28(13-11-27)19(30)15-2-4-16(5-3-15)31-20(21,22)23/h2-9H,10-13H2,1H3. The Morgan fingerprint density at radius 3 is 2.13 bits per heavy atom. The number of piperazine rings is 1. The number of amides is 1. The summed E-state index contributed by atoms with van der Waals surface area (Å²) in [6.45, 7) is 3.94. The second-order valence-corrected chi connectivity index (χ2v) is 7.00. The van der Waals surface area contributed by atoms with E-state index in [-0.39, 0.29) is 11.7 Å². The molecule has 3 heterocycles. The number of rotatable bonds is 4. The predicted molar refractivity (Wildman–Crippen MR) is 105 cm³/mol. The Morgan fingerprint density at radius 1 is 0.935 bits per heavy atom. The molecule has 0 aliphatic carbocycles. The number of nitrogens with zero attached hydrogens (tertiary/aromatic N) is 6. The molecule has 162 valence electrons. The van der Waals surface area contributed by atoms with E-state index in [9.17, 15) is 18.0 Å². The minimum atomic E-state index is -4.76. The summed E-state index contributed by atoms with van der Waals surface area (Å²) in [4.78, 5) is 16.3. The van der Waals surface area contributed by atoms with Gasteiger partial charge in [-0.05, 0) is 49.4 Å². The molecule has 0 unspecified atom stereocenters. The van der Waals surface area contributed by atoms with Crippen LogP contribution in [-0.4, -0.2) is 63.3 Å². The average Bonchev–Trinajstić information content (AvgIpc) is 3.19. The normalized spacial score (nSPS) is 14.6. The molecule has 0 bridgehead atoms. The fraction of sp³-hybridized carbons (Fsp3) is 0.300. The second-order valence-electron chi connectivity index (χ2n) is 7.00. The molecule has 1 aliphatic heterocycles. The predicted octanol–water partition coefficient (Wildman–Crippen LogP) is 2.83. The Bertz CT molecular complexity index is 1040. The van der Waals surface area contributed by atoms with E-state index in [1.807, 2.05) is 36.2 Å². The first-order valence-corrected chi connectivity index (χ1v) is 9.55. The van der Waals surface area contributed by atoms with Crippen LogP contribution in [0.1, 0.15) is 16.1 Å². The molecule has 1 fully saturated rings. The van der Waals surface area contributed by atoms with E-state index in [2.05, 4.69) is 20.0 Å². The number of benzene rings is 1. The fourth-order valence-electron chi connectivity index (χ4n) is 3.27. The van der Waals surface area contributed by atoms with Gasteiger partial charge in [-0.3, -0.25) is 4.79 Å². The fourth-order valence-corrected chi connectivity index (χ4v) is 3.27. The largest absolute Gasteiger partial charge is 0.573 e. The number of hydrogen-bond acceptors (Lipinski definition) is 6. The zero-order valence-electron chi connectivity index (χ0n) is 16.6. The van der Waals surface area contributed by atoms with Crippen LogP contribution >= 0.6 is 0 Å². The molecule has 8 nitrogen and oxygen atoms in total. The maximum atomic E-state index is 12.6. The lowest BCUT2D eigenvalue weighted by Gasteiger charge is -2.35. The number of carbonyl (C=O) groups excluding carboxylic acids is 1. The van der Waals surface area contributed by atoms with Crippen molar-refractivity contribution in [2.45, 2.75) is 13.3 Å². The lowest BCUT2D eigenvalue weighted by Crippen LogP contribution is -2.49. The van der Waals surface area contributed by atoms with Crippen LogP contribution in [0.4, 0.5) is 19.0 Å². The van der Waals surface area contributed by atoms with Gasteiger partial charge in [0, 0.05) is 37.9 Å². The molecule has 1 aliphatic rings. The van der Waals surface area contributed by atoms with Gasteiger partial charge in [0.15, 0.2) is 11.6 Å². The highest BCUT2D eigenvalue weighted by Crippen LogP contribution is 2.23. The highest BCUT2D eigenvalue weighted by atomic mass is 19.4. The van der Waals surface area contributed by atoms with E-state index < -0.39 is 6.36 Å². The monoisotopic (exact) mass is 432 g/mol. The minimum absolute atomic E-state index is 0.242. The van der Waals surface area contributed by atoms with Gasteiger partial charge >= 0.3 is 6.36 Å². The molecule has 1 saturated heterocycles. The number of carbonyl (C=O) groups is 1. The molecule has 11 heteroatoms. The van der Waals surface area contributed by atoms with Crippen molar-refractivity contribution in [1.82, 2.24) is 24.9 Å². The summed E-state index contributed by atoms with van der Waals surface area (Å²) >= 11 is 0. The molecule has 0 spiro atoms. The number of aromatic nitrogens is 4. The molecular weight excluding hydrogens is 413 g/mol. The molecule has 1 amide bonds. The zero-order chi connectivity index (χ0) is 22.0. The summed E-state index contributed by atoms with van der Waals surface area (Å²) in [7, 11) is 0. The van der Waals surface area contributed by atoms with E-state index in [1.165, 1.54) is 12.1 Å². The van der Waals surface area contributed by atoms with Gasteiger partial charge in [-0.2, -0.15) is 5.10 Å². The maximum Gasteiger partial charge on any atom is 0.573 e. The van der Waals surface area contributed by atoms with Crippen LogP contribution < -0.4 is 9.64 Å². The van der Waals surface area contributed by atoms with Crippen molar-refractivity contribution >= 4 is 11.7 Å². The molecule has 0 atom stereocenters. The highest BCUT2D eigenvalue weighted by Gasteiger charge is 2.31. The van der Waals surface area contributed by atoms with Crippen molar-refractivity contribution < 1.29 is 22.7 Å². The number of halogens is 3. The number of alkyl halides is 3. The van der Waals surface area contributed by atoms with Crippen molar-refractivity contribution in [3.8, 4) is 11.6 Å². The van der Waals surface area contributed by atoms with Crippen LogP contribution in [-0.2, 0) is 0 Å². The van der Waals surface area contributed by atoms with Crippen LogP contribution in [0.15, 0.2) is 48.7 Å². The van der Waals surface area contributed by atoms with Crippen molar-refractivity contribution in [2.24, 2.45) is 0 Å². The summed E-state index contributed by atoms with van der Waals surface area (Å²) in [6.07, 6.45) is -2.95. The maximum absolute atomic E-state index is 12.6. The van der Waals surface area contributed by atoms with Crippen LogP contribution in [0.5, 0.6) is 5.75 Å². The lowest BCUT2D eigenvalue weighted by molar-refractivity contribution is -0.274.